The van der Waals surface area contributed by atoms with Crippen molar-refractivity contribution in [2.24, 2.45) is 0 Å². The van der Waals surface area contributed by atoms with Gasteiger partial charge in [0.25, 0.3) is 5.91 Å². The molecule has 63 heavy (non-hydrogen) atoms. The molecule has 0 fully saturated rings. The molecular weight excluding hydrogens is 807 g/mol. The number of amides is 1. The number of carboxylic acids is 2. The summed E-state index contributed by atoms with van der Waals surface area (Å²) in [6.45, 7) is 8.61. The van der Waals surface area contributed by atoms with Gasteiger partial charge in [-0.3, -0.25) is 4.79 Å². The summed E-state index contributed by atoms with van der Waals surface area (Å²) in [4.78, 5) is 31.6. The highest BCUT2D eigenvalue weighted by Gasteiger charge is 2.13. The molecule has 0 saturated heterocycles. The largest absolute Gasteiger partial charge is 0.550 e. The van der Waals surface area contributed by atoms with E-state index in [1.54, 1.807) is 73.8 Å². The maximum absolute atomic E-state index is 11.1. The van der Waals surface area contributed by atoms with Crippen LogP contribution in [-0.2, 0) is 14.4 Å². The van der Waals surface area contributed by atoms with Crippen LogP contribution < -0.4 is 27.0 Å². The quantitative estimate of drug-likeness (QED) is 0.0333. The number of carbonyl (C=O) groups excluding carboxylic acids is 3. The highest BCUT2D eigenvalue weighted by molar-refractivity contribution is 5.79. The van der Waals surface area contributed by atoms with Crippen molar-refractivity contribution in [3.63, 3.8) is 0 Å². The van der Waals surface area contributed by atoms with E-state index >= 15 is 0 Å². The molecule has 0 aromatic rings. The molecule has 1 amide bonds. The summed E-state index contributed by atoms with van der Waals surface area (Å²) in [6, 6.07) is -0.915. The molecule has 0 aliphatic carbocycles. The minimum atomic E-state index is -1.16. The zero-order valence-electron chi connectivity index (χ0n) is 38.7. The Morgan fingerprint density at radius 3 is 1.27 bits per heavy atom. The van der Waals surface area contributed by atoms with Gasteiger partial charge in [-0.05, 0) is 58.3 Å². The topological polar surface area (TPSA) is 286 Å². The summed E-state index contributed by atoms with van der Waals surface area (Å²) < 4.78 is 0. The Labute approximate surface area is 378 Å². The van der Waals surface area contributed by atoms with Crippen molar-refractivity contribution in [1.29, 1.82) is 0 Å². The van der Waals surface area contributed by atoms with E-state index in [1.807, 2.05) is 24.3 Å². The molecule has 0 bridgehead atoms. The summed E-state index contributed by atoms with van der Waals surface area (Å²) in [5, 5.41) is 81.4. The molecule has 14 heteroatoms. The number of hydrogen-bond acceptors (Lipinski definition) is 11. The molecule has 0 aromatic heterocycles. The average molecular weight is 892 g/mol. The zero-order chi connectivity index (χ0) is 48.1. The van der Waals surface area contributed by atoms with Crippen LogP contribution >= 0.6 is 0 Å². The van der Waals surface area contributed by atoms with Crippen LogP contribution in [0.4, 0.5) is 0 Å². The summed E-state index contributed by atoms with van der Waals surface area (Å²) in [5.74, 6) is -2.36. The van der Waals surface area contributed by atoms with Crippen LogP contribution in [0.5, 0.6) is 0 Å². The molecule has 8 atom stereocenters. The maximum atomic E-state index is 11.1. The Morgan fingerprint density at radius 1 is 0.508 bits per heavy atom. The second-order valence-electron chi connectivity index (χ2n) is 15.4. The van der Waals surface area contributed by atoms with E-state index in [0.717, 1.165) is 64.2 Å². The molecule has 362 valence electrons. The predicted octanol–water partition coefficient (Wildman–Crippen LogP) is 2.12. The first kappa shape index (κ1) is 63.3. The molecule has 0 aliphatic heterocycles. The minimum absolute atomic E-state index is 0.0823. The standard InChI is InChI=1S/C20H32O5.C20H34O3.C9H19N3O3/c1-2-3-8-12-17(21)13-9-6-4-5-7-10-14-18(22)19(23)15-11-16-20(24)25;1-3-5-11-14-18(21)15-12-9-7-8-10-13-17-20(23)19(22)16-6-4-2;1-6(10)8(13)12-5-3-2-4-7(11)9(14)15/h4-7,9-10,13-14,17-19,21-23H,2-3,8,11-12,15-16H2,1H3,(H,24,25);7-10,12-13,15,17-23H,3-6,11,14,16H2,1-2H3;6-7H,2-5,10-11H2,1H3,(H,12,13)(H,14,15)/b6-4-,7-5+,13-9+,14-10+;9-7-,10-8+,15-12+,17-13+;/t17-,18+,19-;18-,19-,20+;6-,7-/m000/s1. The Balaban J connectivity index is -0.000000884. The first-order valence-corrected chi connectivity index (χ1v) is 22.8. The molecule has 0 unspecified atom stereocenters. The van der Waals surface area contributed by atoms with Crippen LogP contribution in [0.3, 0.4) is 0 Å². The molecule has 0 aliphatic rings. The fraction of sp³-hybridized carbons (Fsp3) is 0.612. The Bertz CT molecular complexity index is 1360. The predicted molar refractivity (Wildman–Crippen MR) is 247 cm³/mol. The number of unbranched alkanes of at least 4 members (excludes halogenated alkanes) is 6. The minimum Gasteiger partial charge on any atom is -0.550 e. The number of aliphatic carboxylic acids is 2. The molecule has 13 N–H and O–H groups in total. The van der Waals surface area contributed by atoms with Crippen molar-refractivity contribution in [3.8, 4) is 0 Å². The van der Waals surface area contributed by atoms with Crippen LogP contribution in [0, 0.1) is 0 Å². The number of allylic oxidation sites excluding steroid dienone is 12. The lowest BCUT2D eigenvalue weighted by Gasteiger charge is -2.14. The van der Waals surface area contributed by atoms with Gasteiger partial charge in [0.1, 0.15) is 6.04 Å². The average Bonchev–Trinajstić information content (AvgIpc) is 3.24. The van der Waals surface area contributed by atoms with Crippen molar-refractivity contribution in [2.45, 2.75) is 186 Å². The molecule has 0 rings (SSSR count). The number of quaternary nitrogens is 2. The van der Waals surface area contributed by atoms with Crippen LogP contribution in [0.15, 0.2) is 97.2 Å². The van der Waals surface area contributed by atoms with Crippen LogP contribution in [-0.4, -0.2) is 104 Å². The summed E-state index contributed by atoms with van der Waals surface area (Å²) in [5.41, 5.74) is 7.02. The molecule has 0 spiro atoms. The van der Waals surface area contributed by atoms with Crippen molar-refractivity contribution in [3.05, 3.63) is 97.2 Å². The monoisotopic (exact) mass is 892 g/mol. The van der Waals surface area contributed by atoms with Gasteiger partial charge in [-0.1, -0.05) is 169 Å². The molecule has 0 saturated carbocycles. The second kappa shape index (κ2) is 46.0. The van der Waals surface area contributed by atoms with Gasteiger partial charge in [0, 0.05) is 18.9 Å². The zero-order valence-corrected chi connectivity index (χ0v) is 38.7. The lowest BCUT2D eigenvalue weighted by Crippen LogP contribution is -2.68. The highest BCUT2D eigenvalue weighted by Crippen LogP contribution is 2.08. The number of rotatable bonds is 34. The number of carbonyl (C=O) groups is 3. The smallest absolute Gasteiger partial charge is 0.277 e. The molecule has 14 nitrogen and oxygen atoms in total. The number of carboxylic acid groups (broad SMARTS) is 2. The number of hydrogen-bond donors (Lipinski definition) is 9. The van der Waals surface area contributed by atoms with Gasteiger partial charge >= 0.3 is 0 Å². The molecular formula is C49H85N3O11. The number of nitrogens with one attached hydrogen (secondary N) is 1. The van der Waals surface area contributed by atoms with Gasteiger partial charge in [0.15, 0.2) is 6.04 Å². The summed E-state index contributed by atoms with van der Waals surface area (Å²) in [6.07, 6.45) is 36.8. The van der Waals surface area contributed by atoms with E-state index < -0.39 is 48.5 Å². The van der Waals surface area contributed by atoms with Gasteiger partial charge in [0.05, 0.1) is 42.6 Å². The normalized spacial score (nSPS) is 16.1. The Morgan fingerprint density at radius 2 is 0.889 bits per heavy atom. The third-order valence-corrected chi connectivity index (χ3v) is 9.18. The van der Waals surface area contributed by atoms with Crippen molar-refractivity contribution in [1.82, 2.24) is 5.32 Å². The van der Waals surface area contributed by atoms with E-state index in [-0.39, 0.29) is 37.3 Å². The lowest BCUT2D eigenvalue weighted by molar-refractivity contribution is -0.438. The fourth-order valence-corrected chi connectivity index (χ4v) is 5.14. The van der Waals surface area contributed by atoms with E-state index in [2.05, 4.69) is 37.6 Å². The first-order valence-electron chi connectivity index (χ1n) is 22.8. The molecule has 0 heterocycles. The first-order chi connectivity index (χ1) is 30.0. The van der Waals surface area contributed by atoms with E-state index in [9.17, 15) is 55.2 Å². The SMILES string of the molecule is CCCCC[C@H](O)/C=C/C=C\C=C\C=C\[C@@H](O)[C@@H](O)CCCC.CCCCC[C@H](O)/C=C/C=C\C=C\C=C\[C@@H](O)[C@@H](O)CCCC(=O)[O-].C[C@H]([NH3+])C(=O)NCCCC[C@H]([NH3+])C(=O)[O-]. The van der Waals surface area contributed by atoms with E-state index in [0.29, 0.717) is 25.8 Å². The molecule has 0 radical (unpaired) electrons. The van der Waals surface area contributed by atoms with Crippen molar-refractivity contribution < 1.29 is 66.7 Å². The maximum Gasteiger partial charge on any atom is 0.277 e. The van der Waals surface area contributed by atoms with Gasteiger partial charge in [0.2, 0.25) is 0 Å². The van der Waals surface area contributed by atoms with Gasteiger partial charge in [-0.15, -0.1) is 0 Å². The Hall–Kier alpha value is -3.99. The fourth-order valence-electron chi connectivity index (χ4n) is 5.14. The third-order valence-electron chi connectivity index (χ3n) is 9.18. The number of aliphatic hydroxyl groups is 6. The van der Waals surface area contributed by atoms with E-state index in [4.69, 9.17) is 0 Å². The van der Waals surface area contributed by atoms with Crippen LogP contribution in [0.2, 0.25) is 0 Å². The second-order valence-corrected chi connectivity index (χ2v) is 15.4. The van der Waals surface area contributed by atoms with Crippen molar-refractivity contribution in [2.75, 3.05) is 6.54 Å². The van der Waals surface area contributed by atoms with Crippen LogP contribution in [0.1, 0.15) is 137 Å². The van der Waals surface area contributed by atoms with Gasteiger partial charge in [-0.2, -0.15) is 0 Å². The third kappa shape index (κ3) is 47.3. The van der Waals surface area contributed by atoms with Gasteiger partial charge in [-0.25, -0.2) is 0 Å². The molecule has 0 aromatic carbocycles. The number of aliphatic hydroxyl groups excluding tert-OH is 6. The van der Waals surface area contributed by atoms with Gasteiger partial charge < -0.3 is 67.2 Å². The lowest BCUT2D eigenvalue weighted by atomic mass is 10.1. The highest BCUT2D eigenvalue weighted by atomic mass is 16.4. The van der Waals surface area contributed by atoms with E-state index in [1.165, 1.54) is 12.5 Å². The summed E-state index contributed by atoms with van der Waals surface area (Å²) in [7, 11) is 0. The van der Waals surface area contributed by atoms with Crippen LogP contribution in [0.25, 0.3) is 0 Å². The summed E-state index contributed by atoms with van der Waals surface area (Å²) >= 11 is 0. The Kier molecular flexibility index (Phi) is 46.2. The van der Waals surface area contributed by atoms with Crippen molar-refractivity contribution >= 4 is 17.8 Å².